The summed E-state index contributed by atoms with van der Waals surface area (Å²) in [5.41, 5.74) is 2.86. The first kappa shape index (κ1) is 30.9. The van der Waals surface area contributed by atoms with Crippen LogP contribution in [0.1, 0.15) is 56.8 Å². The van der Waals surface area contributed by atoms with Crippen LogP contribution < -0.4 is 26.9 Å². The Balaban J connectivity index is 1.39. The number of rotatable bonds is 10. The molecule has 15 heteroatoms. The van der Waals surface area contributed by atoms with Crippen molar-refractivity contribution in [1.82, 2.24) is 16.0 Å². The zero-order valence-corrected chi connectivity index (χ0v) is 23.5. The molecule has 44 heavy (non-hydrogen) atoms. The number of carboxylic acid groups (broad SMARTS) is 1. The zero-order chi connectivity index (χ0) is 31.5. The highest BCUT2D eigenvalue weighted by Gasteiger charge is 2.34. The van der Waals surface area contributed by atoms with Crippen molar-refractivity contribution in [2.24, 2.45) is 0 Å². The predicted octanol–water partition coefficient (Wildman–Crippen LogP) is -0.490. The van der Waals surface area contributed by atoms with Crippen molar-refractivity contribution < 1.29 is 48.0 Å². The number of halogens is 1. The Hall–Kier alpha value is -4.56. The fourth-order valence-corrected chi connectivity index (χ4v) is 5.11. The van der Waals surface area contributed by atoms with Crippen LogP contribution in [-0.4, -0.2) is 65.2 Å². The van der Waals surface area contributed by atoms with E-state index in [9.17, 15) is 38.7 Å². The molecule has 226 valence electrons. The van der Waals surface area contributed by atoms with Crippen LogP contribution in [-0.2, 0) is 32.1 Å². The molecule has 3 atom stereocenters. The number of aliphatic carboxylic acids is 1. The molecule has 3 amide bonds. The molecule has 2 aliphatic heterocycles. The highest BCUT2D eigenvalue weighted by molar-refractivity contribution is 6.62. The van der Waals surface area contributed by atoms with Crippen molar-refractivity contribution >= 4 is 48.9 Å². The minimum atomic E-state index is -1.42. The summed E-state index contributed by atoms with van der Waals surface area (Å²) in [7, 11) is -2.39. The van der Waals surface area contributed by atoms with Crippen molar-refractivity contribution in [3.05, 3.63) is 94.3 Å². The third-order valence-corrected chi connectivity index (χ3v) is 7.54. The number of carbonyl (C=O) groups excluding carboxylic acids is 3. The van der Waals surface area contributed by atoms with Gasteiger partial charge in [0.2, 0.25) is 5.91 Å². The first-order valence-corrected chi connectivity index (χ1v) is 13.7. The number of benzene rings is 3. The van der Waals surface area contributed by atoms with Crippen molar-refractivity contribution in [1.29, 1.82) is 0 Å². The van der Waals surface area contributed by atoms with E-state index in [2.05, 4.69) is 16.0 Å². The summed E-state index contributed by atoms with van der Waals surface area (Å²) in [5, 5.41) is 37.5. The SMILES string of the molecule is C[C@H](NC(=O)c1ccc2c(c1)B(O)OC2)[C@H](NC(=O)c1ccc2c(c1)B(O)OC2)C(=O)NC(CC(=O)O)c1ccc(F)cc1. The van der Waals surface area contributed by atoms with Crippen LogP contribution in [0.3, 0.4) is 0 Å². The van der Waals surface area contributed by atoms with Gasteiger partial charge in [0.05, 0.1) is 31.7 Å². The summed E-state index contributed by atoms with van der Waals surface area (Å²) >= 11 is 0. The maximum atomic E-state index is 13.7. The topological polar surface area (TPSA) is 184 Å². The van der Waals surface area contributed by atoms with Crippen molar-refractivity contribution in [3.63, 3.8) is 0 Å². The van der Waals surface area contributed by atoms with E-state index in [1.54, 1.807) is 12.1 Å². The molecule has 0 aromatic heterocycles. The first-order valence-electron chi connectivity index (χ1n) is 13.7. The third kappa shape index (κ3) is 6.81. The van der Waals surface area contributed by atoms with E-state index in [0.29, 0.717) is 22.1 Å². The Morgan fingerprint density at radius 2 is 1.34 bits per heavy atom. The fourth-order valence-electron chi connectivity index (χ4n) is 5.11. The van der Waals surface area contributed by atoms with Gasteiger partial charge in [-0.3, -0.25) is 19.2 Å². The summed E-state index contributed by atoms with van der Waals surface area (Å²) in [5.74, 6) is -3.91. The summed E-state index contributed by atoms with van der Waals surface area (Å²) < 4.78 is 23.9. The van der Waals surface area contributed by atoms with Gasteiger partial charge >= 0.3 is 20.2 Å². The van der Waals surface area contributed by atoms with Gasteiger partial charge in [-0.05, 0) is 70.9 Å². The molecule has 12 nitrogen and oxygen atoms in total. The van der Waals surface area contributed by atoms with Gasteiger partial charge in [0.25, 0.3) is 11.8 Å². The summed E-state index contributed by atoms with van der Waals surface area (Å²) in [6, 6.07) is 10.6. The van der Waals surface area contributed by atoms with Crippen LogP contribution in [0, 0.1) is 5.82 Å². The van der Waals surface area contributed by atoms with E-state index >= 15 is 0 Å². The molecule has 0 aliphatic carbocycles. The van der Waals surface area contributed by atoms with Crippen LogP contribution in [0.4, 0.5) is 4.39 Å². The number of hydrogen-bond acceptors (Lipinski definition) is 8. The average Bonchev–Trinajstić information content (AvgIpc) is 3.56. The molecule has 0 radical (unpaired) electrons. The zero-order valence-electron chi connectivity index (χ0n) is 23.5. The van der Waals surface area contributed by atoms with Gasteiger partial charge in [0.15, 0.2) is 0 Å². The lowest BCUT2D eigenvalue weighted by Gasteiger charge is -2.28. The van der Waals surface area contributed by atoms with Crippen molar-refractivity contribution in [2.45, 2.75) is 44.7 Å². The molecule has 2 aliphatic rings. The van der Waals surface area contributed by atoms with E-state index < -0.39 is 68.3 Å². The molecule has 0 saturated carbocycles. The standard InChI is InChI=1S/C29H28B2FN3O9/c1-15(33-27(38)17-2-4-19-13-43-30(41)22(19)10-17)26(35-28(39)18-3-5-20-14-44-31(42)23(20)11-18)29(40)34-24(12-25(36)37)16-6-8-21(32)9-7-16/h2-11,15,24,26,41-42H,12-14H2,1H3,(H,33,38)(H,34,40)(H,35,39)(H,36,37)/t15-,24?,26-/m0/s1. The van der Waals surface area contributed by atoms with E-state index in [-0.39, 0.29) is 24.3 Å². The number of carbonyl (C=O) groups is 4. The Labute approximate surface area is 251 Å². The third-order valence-electron chi connectivity index (χ3n) is 7.54. The maximum Gasteiger partial charge on any atom is 0.491 e. The van der Waals surface area contributed by atoms with Crippen LogP contribution >= 0.6 is 0 Å². The first-order chi connectivity index (χ1) is 21.0. The molecule has 0 fully saturated rings. The van der Waals surface area contributed by atoms with Gasteiger partial charge in [-0.25, -0.2) is 4.39 Å². The molecule has 0 saturated heterocycles. The smallest absolute Gasteiger partial charge is 0.481 e. The van der Waals surface area contributed by atoms with Gasteiger partial charge in [-0.2, -0.15) is 0 Å². The number of fused-ring (bicyclic) bond motifs is 2. The van der Waals surface area contributed by atoms with Crippen LogP contribution in [0.25, 0.3) is 0 Å². The van der Waals surface area contributed by atoms with E-state index in [1.807, 2.05) is 0 Å². The van der Waals surface area contributed by atoms with Crippen LogP contribution in [0.5, 0.6) is 0 Å². The quantitative estimate of drug-likeness (QED) is 0.167. The van der Waals surface area contributed by atoms with Crippen LogP contribution in [0.15, 0.2) is 60.7 Å². The summed E-state index contributed by atoms with van der Waals surface area (Å²) in [4.78, 5) is 51.9. The number of nitrogens with one attached hydrogen (secondary N) is 3. The van der Waals surface area contributed by atoms with Crippen LogP contribution in [0.2, 0.25) is 0 Å². The number of amides is 3. The molecule has 0 spiro atoms. The van der Waals surface area contributed by atoms with Gasteiger partial charge in [-0.15, -0.1) is 0 Å². The molecular weight excluding hydrogens is 575 g/mol. The molecule has 3 aromatic carbocycles. The minimum absolute atomic E-state index is 0.109. The van der Waals surface area contributed by atoms with E-state index in [0.717, 1.165) is 17.7 Å². The summed E-state index contributed by atoms with van der Waals surface area (Å²) in [6.07, 6.45) is -0.541. The largest absolute Gasteiger partial charge is 0.491 e. The molecule has 3 aromatic rings. The summed E-state index contributed by atoms with van der Waals surface area (Å²) in [6.45, 7) is 1.85. The normalized spacial score (nSPS) is 15.5. The number of carboxylic acids is 1. The van der Waals surface area contributed by atoms with E-state index in [4.69, 9.17) is 9.31 Å². The van der Waals surface area contributed by atoms with Crippen molar-refractivity contribution in [3.8, 4) is 0 Å². The molecule has 5 rings (SSSR count). The lowest BCUT2D eigenvalue weighted by molar-refractivity contribution is -0.137. The van der Waals surface area contributed by atoms with E-state index in [1.165, 1.54) is 43.3 Å². The second-order valence-corrected chi connectivity index (χ2v) is 10.6. The Bertz CT molecular complexity index is 1610. The Kier molecular flexibility index (Phi) is 9.11. The molecule has 2 heterocycles. The van der Waals surface area contributed by atoms with Gasteiger partial charge in [0, 0.05) is 11.1 Å². The van der Waals surface area contributed by atoms with Crippen molar-refractivity contribution in [2.75, 3.05) is 0 Å². The minimum Gasteiger partial charge on any atom is -0.481 e. The highest BCUT2D eigenvalue weighted by Crippen LogP contribution is 2.19. The fraction of sp³-hybridized carbons (Fsp3) is 0.241. The molecule has 1 unspecified atom stereocenters. The van der Waals surface area contributed by atoms with Gasteiger partial charge < -0.3 is 40.4 Å². The Morgan fingerprint density at radius 1 is 0.818 bits per heavy atom. The molecular formula is C29H28B2FN3O9. The molecule has 6 N–H and O–H groups in total. The molecule has 0 bridgehead atoms. The van der Waals surface area contributed by atoms with Gasteiger partial charge in [-0.1, -0.05) is 24.3 Å². The second-order valence-electron chi connectivity index (χ2n) is 10.6. The maximum absolute atomic E-state index is 13.7. The average molecular weight is 603 g/mol. The monoisotopic (exact) mass is 603 g/mol. The Morgan fingerprint density at radius 3 is 1.86 bits per heavy atom. The predicted molar refractivity (Wildman–Crippen MR) is 155 cm³/mol. The number of hydrogen-bond donors (Lipinski definition) is 6. The second kappa shape index (κ2) is 13.0. The lowest BCUT2D eigenvalue weighted by atomic mass is 9.78. The van der Waals surface area contributed by atoms with Gasteiger partial charge in [0.1, 0.15) is 11.9 Å². The highest BCUT2D eigenvalue weighted by atomic mass is 19.1. The lowest BCUT2D eigenvalue weighted by Crippen LogP contribution is -2.58.